The largest absolute Gasteiger partial charge is 0.0787 e. The van der Waals surface area contributed by atoms with Crippen molar-refractivity contribution in [3.05, 3.63) is 54.6 Å². The van der Waals surface area contributed by atoms with Crippen LogP contribution in [0, 0.1) is 0 Å². The van der Waals surface area contributed by atoms with Crippen molar-refractivity contribution in [2.24, 2.45) is 0 Å². The Morgan fingerprint density at radius 1 is 0.667 bits per heavy atom. The summed E-state index contributed by atoms with van der Waals surface area (Å²) in [6.45, 7) is 0. The van der Waals surface area contributed by atoms with Gasteiger partial charge in [0.1, 0.15) is 0 Å². The maximum absolute atomic E-state index is 5.50. The molecule has 3 aromatic rings. The number of rotatable bonds is 0. The average Bonchev–Trinajstić information content (AvgIpc) is 2.30. The number of hydrogen-bond donors (Lipinski definition) is 0. The van der Waals surface area contributed by atoms with Crippen LogP contribution in [0.15, 0.2) is 59.5 Å². The number of benzene rings is 3. The molecule has 1 heteroatoms. The van der Waals surface area contributed by atoms with Crippen LogP contribution in [-0.4, -0.2) is 0 Å². The van der Waals surface area contributed by atoms with Crippen molar-refractivity contribution in [3.63, 3.8) is 0 Å². The standard InChI is InChI=1S/C14H9S/c15-14-12-7-3-1-5-10(12)9-11-6-2-4-8-13(11)14/h1-9H. The molecule has 0 aliphatic carbocycles. The van der Waals surface area contributed by atoms with Crippen LogP contribution in [0.2, 0.25) is 0 Å². The molecule has 3 aromatic carbocycles. The molecule has 3 rings (SSSR count). The highest BCUT2D eigenvalue weighted by Gasteiger charge is 2.03. The van der Waals surface area contributed by atoms with E-state index in [4.69, 9.17) is 12.6 Å². The van der Waals surface area contributed by atoms with Gasteiger partial charge >= 0.3 is 0 Å². The van der Waals surface area contributed by atoms with Crippen molar-refractivity contribution in [1.29, 1.82) is 0 Å². The van der Waals surface area contributed by atoms with E-state index >= 15 is 0 Å². The zero-order valence-corrected chi connectivity index (χ0v) is 8.92. The molecule has 0 saturated carbocycles. The van der Waals surface area contributed by atoms with Gasteiger partial charge in [-0.2, -0.15) is 0 Å². The lowest BCUT2D eigenvalue weighted by atomic mass is 10.0. The van der Waals surface area contributed by atoms with Crippen LogP contribution in [0.5, 0.6) is 0 Å². The third-order valence-corrected chi connectivity index (χ3v) is 3.16. The van der Waals surface area contributed by atoms with Crippen molar-refractivity contribution >= 4 is 34.2 Å². The SMILES string of the molecule is [S]c1c2ccccc2cc2ccccc12. The first-order valence-corrected chi connectivity index (χ1v) is 5.34. The van der Waals surface area contributed by atoms with E-state index in [9.17, 15) is 0 Å². The topological polar surface area (TPSA) is 0 Å². The summed E-state index contributed by atoms with van der Waals surface area (Å²) in [6.07, 6.45) is 0. The van der Waals surface area contributed by atoms with Crippen molar-refractivity contribution in [2.45, 2.75) is 4.90 Å². The highest BCUT2D eigenvalue weighted by atomic mass is 32.1. The predicted molar refractivity (Wildman–Crippen MR) is 67.3 cm³/mol. The first-order chi connectivity index (χ1) is 7.36. The molecular formula is C14H9S. The molecule has 0 nitrogen and oxygen atoms in total. The van der Waals surface area contributed by atoms with Gasteiger partial charge in [0, 0.05) is 10.8 Å². The molecule has 1 radical (unpaired) electrons. The van der Waals surface area contributed by atoms with E-state index in [2.05, 4.69) is 30.3 Å². The van der Waals surface area contributed by atoms with Crippen molar-refractivity contribution in [3.8, 4) is 0 Å². The number of fused-ring (bicyclic) bond motifs is 2. The summed E-state index contributed by atoms with van der Waals surface area (Å²) in [7, 11) is 0. The fourth-order valence-corrected chi connectivity index (χ4v) is 2.34. The summed E-state index contributed by atoms with van der Waals surface area (Å²) in [6, 6.07) is 18.8. The van der Waals surface area contributed by atoms with E-state index in [0.717, 1.165) is 4.90 Å². The minimum atomic E-state index is 0.962. The Morgan fingerprint density at radius 2 is 1.13 bits per heavy atom. The molecule has 71 valence electrons. The van der Waals surface area contributed by atoms with E-state index in [-0.39, 0.29) is 0 Å². The highest BCUT2D eigenvalue weighted by molar-refractivity contribution is 7.80. The van der Waals surface area contributed by atoms with Crippen LogP contribution in [0.4, 0.5) is 0 Å². The van der Waals surface area contributed by atoms with E-state index in [1.165, 1.54) is 21.5 Å². The molecule has 0 bridgehead atoms. The van der Waals surface area contributed by atoms with Gasteiger partial charge in [-0.15, -0.1) is 0 Å². The lowest BCUT2D eigenvalue weighted by Crippen LogP contribution is -1.78. The van der Waals surface area contributed by atoms with Crippen LogP contribution >= 0.6 is 12.6 Å². The smallest absolute Gasteiger partial charge is 0.0533 e. The fourth-order valence-electron chi connectivity index (χ4n) is 1.97. The molecule has 0 aromatic heterocycles. The first-order valence-electron chi connectivity index (χ1n) is 4.94. The maximum atomic E-state index is 5.50. The predicted octanol–water partition coefficient (Wildman–Crippen LogP) is 4.55. The molecular weight excluding hydrogens is 200 g/mol. The second-order valence-electron chi connectivity index (χ2n) is 3.65. The molecule has 0 atom stereocenters. The van der Waals surface area contributed by atoms with Crippen LogP contribution in [0.25, 0.3) is 21.5 Å². The van der Waals surface area contributed by atoms with Crippen LogP contribution < -0.4 is 0 Å². The van der Waals surface area contributed by atoms with Gasteiger partial charge in [0.2, 0.25) is 0 Å². The van der Waals surface area contributed by atoms with Gasteiger partial charge < -0.3 is 0 Å². The van der Waals surface area contributed by atoms with Gasteiger partial charge in [0.15, 0.2) is 0 Å². The minimum Gasteiger partial charge on any atom is -0.0787 e. The summed E-state index contributed by atoms with van der Waals surface area (Å²) < 4.78 is 0. The molecule has 0 saturated heterocycles. The average molecular weight is 209 g/mol. The Morgan fingerprint density at radius 3 is 1.67 bits per heavy atom. The molecule has 0 N–H and O–H groups in total. The Hall–Kier alpha value is -1.60. The first kappa shape index (κ1) is 8.69. The third-order valence-electron chi connectivity index (χ3n) is 2.72. The van der Waals surface area contributed by atoms with Gasteiger partial charge in [-0.1, -0.05) is 61.2 Å². The fraction of sp³-hybridized carbons (Fsp3) is 0. The van der Waals surface area contributed by atoms with E-state index in [1.54, 1.807) is 0 Å². The summed E-state index contributed by atoms with van der Waals surface area (Å²) in [5.74, 6) is 0. The Balaban J connectivity index is 2.60. The van der Waals surface area contributed by atoms with Gasteiger partial charge in [0.25, 0.3) is 0 Å². The van der Waals surface area contributed by atoms with Gasteiger partial charge in [-0.05, 0) is 16.8 Å². The summed E-state index contributed by atoms with van der Waals surface area (Å²) in [5.41, 5.74) is 0. The maximum Gasteiger partial charge on any atom is 0.0533 e. The molecule has 0 spiro atoms. The van der Waals surface area contributed by atoms with Crippen molar-refractivity contribution < 1.29 is 0 Å². The van der Waals surface area contributed by atoms with Crippen molar-refractivity contribution in [2.75, 3.05) is 0 Å². The second-order valence-corrected chi connectivity index (χ2v) is 4.06. The lowest BCUT2D eigenvalue weighted by Gasteiger charge is -2.05. The Bertz CT molecular complexity index is 587. The zero-order valence-electron chi connectivity index (χ0n) is 8.10. The van der Waals surface area contributed by atoms with Gasteiger partial charge in [-0.25, -0.2) is 0 Å². The lowest BCUT2D eigenvalue weighted by molar-refractivity contribution is 1.63. The van der Waals surface area contributed by atoms with E-state index in [1.807, 2.05) is 24.3 Å². The zero-order chi connectivity index (χ0) is 10.3. The summed E-state index contributed by atoms with van der Waals surface area (Å²) >= 11 is 5.50. The van der Waals surface area contributed by atoms with Gasteiger partial charge in [0.05, 0.1) is 4.90 Å². The molecule has 0 unspecified atom stereocenters. The monoisotopic (exact) mass is 209 g/mol. The Kier molecular flexibility index (Phi) is 1.86. The second kappa shape index (κ2) is 3.21. The molecule has 0 fully saturated rings. The van der Waals surface area contributed by atoms with E-state index in [0.29, 0.717) is 0 Å². The van der Waals surface area contributed by atoms with Crippen LogP contribution in [0.3, 0.4) is 0 Å². The third kappa shape index (κ3) is 1.28. The quantitative estimate of drug-likeness (QED) is 0.476. The number of hydrogen-bond acceptors (Lipinski definition) is 0. The van der Waals surface area contributed by atoms with Crippen LogP contribution in [0.1, 0.15) is 0 Å². The molecule has 0 heterocycles. The van der Waals surface area contributed by atoms with Gasteiger partial charge in [-0.3, -0.25) is 0 Å². The summed E-state index contributed by atoms with van der Waals surface area (Å²) in [4.78, 5) is 0.962. The van der Waals surface area contributed by atoms with Crippen LogP contribution in [-0.2, 0) is 0 Å². The Labute approximate surface area is 93.9 Å². The summed E-state index contributed by atoms with van der Waals surface area (Å²) in [5, 5.41) is 4.79. The molecule has 0 amide bonds. The molecule has 15 heavy (non-hydrogen) atoms. The molecule has 0 aliphatic rings. The normalized spacial score (nSPS) is 10.9. The molecule has 0 aliphatic heterocycles. The van der Waals surface area contributed by atoms with Crippen molar-refractivity contribution in [1.82, 2.24) is 0 Å². The minimum absolute atomic E-state index is 0.962. The highest BCUT2D eigenvalue weighted by Crippen LogP contribution is 2.30. The van der Waals surface area contributed by atoms with E-state index < -0.39 is 0 Å².